The number of nitrogens with zero attached hydrogens (tertiary/aromatic N) is 3. The summed E-state index contributed by atoms with van der Waals surface area (Å²) in [7, 11) is 0. The van der Waals surface area contributed by atoms with Crippen LogP contribution in [0.25, 0.3) is 0 Å². The predicted molar refractivity (Wildman–Crippen MR) is 124 cm³/mol. The molecule has 4 rings (SSSR count). The molecule has 0 bridgehead atoms. The van der Waals surface area contributed by atoms with Crippen LogP contribution in [0.2, 0.25) is 0 Å². The van der Waals surface area contributed by atoms with Crippen molar-refractivity contribution in [1.29, 1.82) is 0 Å². The minimum absolute atomic E-state index is 0.203. The quantitative estimate of drug-likeness (QED) is 0.536. The Morgan fingerprint density at radius 3 is 2.77 bits per heavy atom. The Kier molecular flexibility index (Phi) is 5.82. The second kappa shape index (κ2) is 8.55. The molecule has 1 amide bonds. The molecule has 2 N–H and O–H groups in total. The molecule has 0 saturated carbocycles. The fraction of sp³-hybridized carbons (Fsp3) is 0.261. The fourth-order valence-corrected chi connectivity index (χ4v) is 4.21. The Morgan fingerprint density at radius 1 is 1.23 bits per heavy atom. The fourth-order valence-electron chi connectivity index (χ4n) is 3.84. The van der Waals surface area contributed by atoms with Crippen molar-refractivity contribution in [2.45, 2.75) is 33.7 Å². The van der Waals surface area contributed by atoms with Gasteiger partial charge in [-0.2, -0.15) is 10.1 Å². The van der Waals surface area contributed by atoms with Gasteiger partial charge in [-0.1, -0.05) is 33.6 Å². The highest BCUT2D eigenvalue weighted by atomic mass is 79.9. The van der Waals surface area contributed by atoms with Gasteiger partial charge in [-0.15, -0.1) is 0 Å². The SMILES string of the molecule is CCOc1ccc(Br)cc1C1C(C(=O)Nc2ccc(C)cc2C)=C(C)Nc2ncnn21. The van der Waals surface area contributed by atoms with Crippen LogP contribution in [0.4, 0.5) is 11.6 Å². The van der Waals surface area contributed by atoms with Gasteiger partial charge in [0, 0.05) is 21.4 Å². The van der Waals surface area contributed by atoms with E-state index < -0.39 is 6.04 Å². The molecule has 2 heterocycles. The third kappa shape index (κ3) is 4.07. The van der Waals surface area contributed by atoms with Crippen molar-refractivity contribution in [1.82, 2.24) is 14.8 Å². The van der Waals surface area contributed by atoms with Crippen LogP contribution in [-0.4, -0.2) is 27.3 Å². The van der Waals surface area contributed by atoms with Gasteiger partial charge in [-0.05, 0) is 57.5 Å². The maximum absolute atomic E-state index is 13.6. The van der Waals surface area contributed by atoms with Crippen molar-refractivity contribution in [3.8, 4) is 5.75 Å². The lowest BCUT2D eigenvalue weighted by atomic mass is 9.94. The van der Waals surface area contributed by atoms with Crippen molar-refractivity contribution in [3.05, 3.63) is 75.2 Å². The van der Waals surface area contributed by atoms with Crippen molar-refractivity contribution >= 4 is 33.5 Å². The average Bonchev–Trinajstić information content (AvgIpc) is 3.18. The molecule has 8 heteroatoms. The van der Waals surface area contributed by atoms with E-state index in [2.05, 4.69) is 36.6 Å². The van der Waals surface area contributed by atoms with E-state index >= 15 is 0 Å². The van der Waals surface area contributed by atoms with Gasteiger partial charge < -0.3 is 15.4 Å². The number of rotatable bonds is 5. The molecule has 31 heavy (non-hydrogen) atoms. The third-order valence-corrected chi connectivity index (χ3v) is 5.73. The van der Waals surface area contributed by atoms with E-state index in [4.69, 9.17) is 4.74 Å². The van der Waals surface area contributed by atoms with Gasteiger partial charge in [0.05, 0.1) is 12.2 Å². The first-order chi connectivity index (χ1) is 14.9. The van der Waals surface area contributed by atoms with Crippen molar-refractivity contribution in [2.24, 2.45) is 0 Å². The maximum Gasteiger partial charge on any atom is 0.255 e. The molecule has 3 aromatic rings. The van der Waals surface area contributed by atoms with E-state index in [0.717, 1.165) is 32.5 Å². The summed E-state index contributed by atoms with van der Waals surface area (Å²) in [5, 5.41) is 10.7. The van der Waals surface area contributed by atoms with Crippen molar-refractivity contribution < 1.29 is 9.53 Å². The molecule has 2 aromatic carbocycles. The minimum atomic E-state index is -0.497. The summed E-state index contributed by atoms with van der Waals surface area (Å²) in [5.74, 6) is 1.07. The van der Waals surface area contributed by atoms with Gasteiger partial charge >= 0.3 is 0 Å². The number of hydrogen-bond acceptors (Lipinski definition) is 5. The lowest BCUT2D eigenvalue weighted by Gasteiger charge is -2.30. The number of benzene rings is 2. The van der Waals surface area contributed by atoms with Gasteiger partial charge in [-0.25, -0.2) is 4.68 Å². The smallest absolute Gasteiger partial charge is 0.255 e. The molecule has 1 aliphatic heterocycles. The van der Waals surface area contributed by atoms with E-state index in [1.54, 1.807) is 4.68 Å². The second-order valence-electron chi connectivity index (χ2n) is 7.48. The van der Waals surface area contributed by atoms with E-state index in [1.165, 1.54) is 6.33 Å². The molecule has 0 fully saturated rings. The molecule has 160 valence electrons. The summed E-state index contributed by atoms with van der Waals surface area (Å²) < 4.78 is 8.50. The van der Waals surface area contributed by atoms with Gasteiger partial charge in [0.2, 0.25) is 5.95 Å². The van der Waals surface area contributed by atoms with Crippen LogP contribution >= 0.6 is 15.9 Å². The van der Waals surface area contributed by atoms with Crippen molar-refractivity contribution in [3.63, 3.8) is 0 Å². The molecule has 1 unspecified atom stereocenters. The molecule has 0 saturated heterocycles. The molecule has 1 atom stereocenters. The highest BCUT2D eigenvalue weighted by molar-refractivity contribution is 9.10. The monoisotopic (exact) mass is 481 g/mol. The number of amides is 1. The topological polar surface area (TPSA) is 81.1 Å². The van der Waals surface area contributed by atoms with E-state index in [1.807, 2.05) is 64.1 Å². The molecule has 0 radical (unpaired) electrons. The minimum Gasteiger partial charge on any atom is -0.494 e. The van der Waals surface area contributed by atoms with Gasteiger partial charge in [0.1, 0.15) is 18.1 Å². The van der Waals surface area contributed by atoms with E-state index in [0.29, 0.717) is 23.9 Å². The number of carbonyl (C=O) groups excluding carboxylic acids is 1. The largest absolute Gasteiger partial charge is 0.494 e. The first-order valence-electron chi connectivity index (χ1n) is 10.1. The Morgan fingerprint density at radius 2 is 2.03 bits per heavy atom. The van der Waals surface area contributed by atoms with Crippen LogP contribution in [0.1, 0.15) is 36.6 Å². The number of aryl methyl sites for hydroxylation is 2. The Labute approximate surface area is 189 Å². The normalized spacial score (nSPS) is 15.3. The number of allylic oxidation sites excluding steroid dienone is 1. The van der Waals surface area contributed by atoms with E-state index in [-0.39, 0.29) is 5.91 Å². The zero-order chi connectivity index (χ0) is 22.1. The highest BCUT2D eigenvalue weighted by Gasteiger charge is 2.35. The second-order valence-corrected chi connectivity index (χ2v) is 8.40. The van der Waals surface area contributed by atoms with Gasteiger partial charge in [-0.3, -0.25) is 4.79 Å². The van der Waals surface area contributed by atoms with E-state index in [9.17, 15) is 4.79 Å². The number of aromatic nitrogens is 3. The average molecular weight is 482 g/mol. The van der Waals surface area contributed by atoms with Gasteiger partial charge in [0.15, 0.2) is 0 Å². The standard InChI is InChI=1S/C23H24BrN5O2/c1-5-31-19-9-7-16(24)11-17(19)21-20(15(4)27-23-25-12-26-29(21)23)22(30)28-18-8-6-13(2)10-14(18)3/h6-12,21H,5H2,1-4H3,(H,28,30)(H,25,26,27). The number of nitrogens with one attached hydrogen (secondary N) is 2. The Balaban J connectivity index is 1.82. The maximum atomic E-state index is 13.6. The molecule has 0 aliphatic carbocycles. The van der Waals surface area contributed by atoms with Crippen LogP contribution < -0.4 is 15.4 Å². The van der Waals surface area contributed by atoms with Crippen LogP contribution in [-0.2, 0) is 4.79 Å². The first-order valence-corrected chi connectivity index (χ1v) is 10.9. The van der Waals surface area contributed by atoms with Gasteiger partial charge in [0.25, 0.3) is 5.91 Å². The lowest BCUT2D eigenvalue weighted by Crippen LogP contribution is -2.32. The van der Waals surface area contributed by atoms with Crippen LogP contribution in [0.3, 0.4) is 0 Å². The number of hydrogen-bond donors (Lipinski definition) is 2. The zero-order valence-electron chi connectivity index (χ0n) is 17.9. The number of carbonyl (C=O) groups is 1. The van der Waals surface area contributed by atoms with Crippen LogP contribution in [0, 0.1) is 13.8 Å². The van der Waals surface area contributed by atoms with Crippen LogP contribution in [0.5, 0.6) is 5.75 Å². The number of ether oxygens (including phenoxy) is 1. The molecular formula is C23H24BrN5O2. The lowest BCUT2D eigenvalue weighted by molar-refractivity contribution is -0.113. The summed E-state index contributed by atoms with van der Waals surface area (Å²) in [6.07, 6.45) is 1.48. The Hall–Kier alpha value is -3.13. The summed E-state index contributed by atoms with van der Waals surface area (Å²) in [6, 6.07) is 11.2. The molecule has 1 aliphatic rings. The summed E-state index contributed by atoms with van der Waals surface area (Å²) >= 11 is 3.55. The number of anilines is 2. The molecule has 0 spiro atoms. The summed E-state index contributed by atoms with van der Waals surface area (Å²) in [6.45, 7) is 8.33. The zero-order valence-corrected chi connectivity index (χ0v) is 19.4. The third-order valence-electron chi connectivity index (χ3n) is 5.24. The molecule has 1 aromatic heterocycles. The van der Waals surface area contributed by atoms with Crippen LogP contribution in [0.15, 0.2) is 58.5 Å². The first kappa shape index (κ1) is 21.1. The molecule has 7 nitrogen and oxygen atoms in total. The Bertz CT molecular complexity index is 1180. The summed E-state index contributed by atoms with van der Waals surface area (Å²) in [5.41, 5.74) is 5.02. The highest BCUT2D eigenvalue weighted by Crippen LogP contribution is 2.40. The van der Waals surface area contributed by atoms with Crippen molar-refractivity contribution in [2.75, 3.05) is 17.2 Å². The summed E-state index contributed by atoms with van der Waals surface area (Å²) in [4.78, 5) is 17.9. The molecular weight excluding hydrogens is 458 g/mol. The number of halogens is 1. The number of fused-ring (bicyclic) bond motifs is 1. The predicted octanol–water partition coefficient (Wildman–Crippen LogP) is 4.98.